The van der Waals surface area contributed by atoms with Crippen molar-refractivity contribution >= 4 is 27.7 Å². The van der Waals surface area contributed by atoms with Crippen molar-refractivity contribution in [2.75, 3.05) is 31.1 Å². The van der Waals surface area contributed by atoms with Gasteiger partial charge in [-0.15, -0.1) is 5.10 Å². The standard InChI is InChI=1S/C17H16BrN7O/c18-13-4-5-15(25-12-20-21-22-25)14(11-13)17(26)24-9-7-23(8-10-24)16-3-1-2-6-19-16/h1-6,11-12H,7-10H2. The van der Waals surface area contributed by atoms with Gasteiger partial charge in [-0.05, 0) is 40.8 Å². The van der Waals surface area contributed by atoms with Crippen LogP contribution in [0, 0.1) is 0 Å². The third kappa shape index (κ3) is 3.30. The Kier molecular flexibility index (Phi) is 4.61. The predicted octanol–water partition coefficient (Wildman–Crippen LogP) is 1.78. The fourth-order valence-electron chi connectivity index (χ4n) is 3.00. The van der Waals surface area contributed by atoms with Crippen LogP contribution in [0.1, 0.15) is 10.4 Å². The number of pyridine rings is 1. The first kappa shape index (κ1) is 16.6. The summed E-state index contributed by atoms with van der Waals surface area (Å²) in [5, 5.41) is 11.2. The summed E-state index contributed by atoms with van der Waals surface area (Å²) in [5.41, 5.74) is 1.23. The molecule has 0 saturated carbocycles. The molecule has 1 amide bonds. The van der Waals surface area contributed by atoms with E-state index in [1.807, 2.05) is 41.3 Å². The lowest BCUT2D eigenvalue weighted by Gasteiger charge is -2.35. The second-order valence-electron chi connectivity index (χ2n) is 5.88. The van der Waals surface area contributed by atoms with Crippen molar-refractivity contribution in [3.8, 4) is 5.69 Å². The molecule has 0 spiro atoms. The minimum absolute atomic E-state index is 0.0301. The minimum Gasteiger partial charge on any atom is -0.353 e. The van der Waals surface area contributed by atoms with Crippen molar-refractivity contribution in [2.45, 2.75) is 0 Å². The molecular formula is C17H16BrN7O. The maximum Gasteiger partial charge on any atom is 0.256 e. The van der Waals surface area contributed by atoms with Gasteiger partial charge in [0.05, 0.1) is 11.3 Å². The number of benzene rings is 1. The molecule has 1 saturated heterocycles. The van der Waals surface area contributed by atoms with Crippen molar-refractivity contribution in [2.24, 2.45) is 0 Å². The number of tetrazole rings is 1. The predicted molar refractivity (Wildman–Crippen MR) is 99.2 cm³/mol. The van der Waals surface area contributed by atoms with Crippen LogP contribution in [0.25, 0.3) is 5.69 Å². The molecule has 0 bridgehead atoms. The van der Waals surface area contributed by atoms with Gasteiger partial charge in [0, 0.05) is 36.8 Å². The smallest absolute Gasteiger partial charge is 0.256 e. The number of piperazine rings is 1. The van der Waals surface area contributed by atoms with Crippen LogP contribution in [0.3, 0.4) is 0 Å². The van der Waals surface area contributed by atoms with Gasteiger partial charge in [0.2, 0.25) is 0 Å². The maximum atomic E-state index is 13.1. The molecule has 0 atom stereocenters. The van der Waals surface area contributed by atoms with E-state index in [4.69, 9.17) is 0 Å². The monoisotopic (exact) mass is 413 g/mol. The molecule has 2 aromatic heterocycles. The third-order valence-corrected chi connectivity index (χ3v) is 4.82. The first-order chi connectivity index (χ1) is 12.7. The van der Waals surface area contributed by atoms with Crippen LogP contribution in [0.2, 0.25) is 0 Å². The molecule has 9 heteroatoms. The van der Waals surface area contributed by atoms with E-state index in [2.05, 4.69) is 41.3 Å². The van der Waals surface area contributed by atoms with Crippen LogP contribution in [-0.2, 0) is 0 Å². The van der Waals surface area contributed by atoms with Gasteiger partial charge >= 0.3 is 0 Å². The van der Waals surface area contributed by atoms with Crippen LogP contribution < -0.4 is 4.90 Å². The Hall–Kier alpha value is -2.81. The van der Waals surface area contributed by atoms with E-state index < -0.39 is 0 Å². The number of anilines is 1. The molecule has 3 aromatic rings. The Morgan fingerprint density at radius 3 is 2.62 bits per heavy atom. The third-order valence-electron chi connectivity index (χ3n) is 4.33. The minimum atomic E-state index is -0.0301. The summed E-state index contributed by atoms with van der Waals surface area (Å²) >= 11 is 3.44. The van der Waals surface area contributed by atoms with Gasteiger partial charge in [0.15, 0.2) is 0 Å². The van der Waals surface area contributed by atoms with Crippen molar-refractivity contribution in [3.05, 3.63) is 59.0 Å². The number of aromatic nitrogens is 5. The van der Waals surface area contributed by atoms with Crippen molar-refractivity contribution in [1.82, 2.24) is 30.1 Å². The summed E-state index contributed by atoms with van der Waals surface area (Å²) in [7, 11) is 0. The van der Waals surface area contributed by atoms with E-state index in [0.29, 0.717) is 24.3 Å². The second-order valence-corrected chi connectivity index (χ2v) is 6.80. The quantitative estimate of drug-likeness (QED) is 0.650. The molecule has 1 aromatic carbocycles. The van der Waals surface area contributed by atoms with E-state index in [-0.39, 0.29) is 5.91 Å². The normalized spacial score (nSPS) is 14.5. The number of hydrogen-bond donors (Lipinski definition) is 0. The molecule has 1 aliphatic rings. The van der Waals surface area contributed by atoms with Gasteiger partial charge in [-0.1, -0.05) is 22.0 Å². The number of carbonyl (C=O) groups excluding carboxylic acids is 1. The van der Waals surface area contributed by atoms with E-state index in [9.17, 15) is 4.79 Å². The zero-order valence-electron chi connectivity index (χ0n) is 13.9. The molecule has 0 unspecified atom stereocenters. The van der Waals surface area contributed by atoms with E-state index >= 15 is 0 Å². The van der Waals surface area contributed by atoms with Gasteiger partial charge in [-0.2, -0.15) is 4.68 Å². The Morgan fingerprint density at radius 2 is 1.92 bits per heavy atom. The number of amides is 1. The number of hydrogen-bond acceptors (Lipinski definition) is 6. The van der Waals surface area contributed by atoms with Crippen LogP contribution in [0.15, 0.2) is 53.4 Å². The van der Waals surface area contributed by atoms with Crippen molar-refractivity contribution in [1.29, 1.82) is 0 Å². The van der Waals surface area contributed by atoms with Crippen LogP contribution in [-0.4, -0.2) is 62.2 Å². The molecule has 26 heavy (non-hydrogen) atoms. The summed E-state index contributed by atoms with van der Waals surface area (Å²) in [6, 6.07) is 11.4. The first-order valence-corrected chi connectivity index (χ1v) is 9.00. The Labute approximate surface area is 158 Å². The Balaban J connectivity index is 1.53. The fourth-order valence-corrected chi connectivity index (χ4v) is 3.36. The summed E-state index contributed by atoms with van der Waals surface area (Å²) in [6.07, 6.45) is 3.27. The first-order valence-electron chi connectivity index (χ1n) is 8.20. The van der Waals surface area contributed by atoms with Gasteiger partial charge in [-0.25, -0.2) is 4.98 Å². The molecule has 0 aliphatic carbocycles. The molecule has 1 fully saturated rings. The molecule has 4 rings (SSSR count). The van der Waals surface area contributed by atoms with Gasteiger partial charge in [-0.3, -0.25) is 4.79 Å². The Bertz CT molecular complexity index is 893. The second kappa shape index (κ2) is 7.20. The molecule has 0 N–H and O–H groups in total. The number of carbonyl (C=O) groups is 1. The summed E-state index contributed by atoms with van der Waals surface area (Å²) < 4.78 is 2.34. The number of rotatable bonds is 3. The average molecular weight is 414 g/mol. The van der Waals surface area contributed by atoms with Crippen molar-refractivity contribution in [3.63, 3.8) is 0 Å². The lowest BCUT2D eigenvalue weighted by atomic mass is 10.1. The van der Waals surface area contributed by atoms with Gasteiger partial charge in [0.25, 0.3) is 5.91 Å². The zero-order chi connectivity index (χ0) is 17.9. The highest BCUT2D eigenvalue weighted by atomic mass is 79.9. The van der Waals surface area contributed by atoms with Crippen molar-refractivity contribution < 1.29 is 4.79 Å². The summed E-state index contributed by atoms with van der Waals surface area (Å²) in [6.45, 7) is 2.77. The maximum absolute atomic E-state index is 13.1. The SMILES string of the molecule is O=C(c1cc(Br)ccc1-n1cnnn1)N1CCN(c2ccccn2)CC1. The highest BCUT2D eigenvalue weighted by molar-refractivity contribution is 9.10. The topological polar surface area (TPSA) is 80.0 Å². The molecule has 132 valence electrons. The lowest BCUT2D eigenvalue weighted by Crippen LogP contribution is -2.49. The average Bonchev–Trinajstić information content (AvgIpc) is 3.23. The highest BCUT2D eigenvalue weighted by Gasteiger charge is 2.25. The zero-order valence-corrected chi connectivity index (χ0v) is 15.4. The van der Waals surface area contributed by atoms with Gasteiger partial charge < -0.3 is 9.80 Å². The molecule has 8 nitrogen and oxygen atoms in total. The summed E-state index contributed by atoms with van der Waals surface area (Å²) in [5.74, 6) is 0.911. The lowest BCUT2D eigenvalue weighted by molar-refractivity contribution is 0.0746. The largest absolute Gasteiger partial charge is 0.353 e. The molecular weight excluding hydrogens is 398 g/mol. The highest BCUT2D eigenvalue weighted by Crippen LogP contribution is 2.22. The number of halogens is 1. The van der Waals surface area contributed by atoms with E-state index in [0.717, 1.165) is 23.4 Å². The Morgan fingerprint density at radius 1 is 1.08 bits per heavy atom. The molecule has 0 radical (unpaired) electrons. The summed E-state index contributed by atoms with van der Waals surface area (Å²) in [4.78, 5) is 21.5. The van der Waals surface area contributed by atoms with Crippen LogP contribution in [0.4, 0.5) is 5.82 Å². The van der Waals surface area contributed by atoms with E-state index in [1.54, 1.807) is 6.20 Å². The van der Waals surface area contributed by atoms with Gasteiger partial charge in [0.1, 0.15) is 12.1 Å². The fraction of sp³-hybridized carbons (Fsp3) is 0.235. The van der Waals surface area contributed by atoms with E-state index in [1.165, 1.54) is 11.0 Å². The molecule has 3 heterocycles. The number of nitrogens with zero attached hydrogens (tertiary/aromatic N) is 7. The van der Waals surface area contributed by atoms with Crippen LogP contribution in [0.5, 0.6) is 0 Å². The molecule has 1 aliphatic heterocycles. The van der Waals surface area contributed by atoms with Crippen LogP contribution >= 0.6 is 15.9 Å².